The minimum absolute atomic E-state index is 0.0631. The van der Waals surface area contributed by atoms with Crippen molar-refractivity contribution in [3.05, 3.63) is 0 Å². The lowest BCUT2D eigenvalue weighted by Gasteiger charge is -2.24. The van der Waals surface area contributed by atoms with Crippen molar-refractivity contribution in [3.8, 4) is 0 Å². The molecule has 0 aromatic heterocycles. The number of carbonyl (C=O) groups is 2. The van der Waals surface area contributed by atoms with Crippen LogP contribution in [0.3, 0.4) is 0 Å². The summed E-state index contributed by atoms with van der Waals surface area (Å²) in [6, 6.07) is 0. The molecule has 4 nitrogen and oxygen atoms in total. The molecule has 0 saturated carbocycles. The number of amides is 2. The fourth-order valence-corrected chi connectivity index (χ4v) is 1.59. The van der Waals surface area contributed by atoms with Crippen LogP contribution in [-0.2, 0) is 9.59 Å². The molecule has 4 heteroatoms. The van der Waals surface area contributed by atoms with Crippen LogP contribution in [0.5, 0.6) is 0 Å². The van der Waals surface area contributed by atoms with Crippen LogP contribution < -0.4 is 0 Å². The van der Waals surface area contributed by atoms with Crippen molar-refractivity contribution in [3.63, 3.8) is 0 Å². The highest BCUT2D eigenvalue weighted by molar-refractivity contribution is 5.97. The Kier molecular flexibility index (Phi) is 4.07. The highest BCUT2D eigenvalue weighted by Gasteiger charge is 2.24. The van der Waals surface area contributed by atoms with Crippen LogP contribution in [0, 0.1) is 0 Å². The third-order valence-corrected chi connectivity index (χ3v) is 2.39. The first-order chi connectivity index (χ1) is 6.61. The van der Waals surface area contributed by atoms with E-state index in [2.05, 4.69) is 0 Å². The number of aliphatic hydroxyl groups is 1. The van der Waals surface area contributed by atoms with Crippen molar-refractivity contribution in [2.75, 3.05) is 6.54 Å². The van der Waals surface area contributed by atoms with E-state index < -0.39 is 0 Å². The van der Waals surface area contributed by atoms with Crippen LogP contribution in [-0.4, -0.2) is 34.5 Å². The Balaban J connectivity index is 2.33. The number of hydrogen-bond acceptors (Lipinski definition) is 3. The predicted octanol–water partition coefficient (Wildman–Crippen LogP) is 0.687. The second kappa shape index (κ2) is 5.10. The van der Waals surface area contributed by atoms with Crippen LogP contribution in [0.25, 0.3) is 0 Å². The van der Waals surface area contributed by atoms with Gasteiger partial charge in [0.15, 0.2) is 0 Å². The zero-order valence-electron chi connectivity index (χ0n) is 8.53. The summed E-state index contributed by atoms with van der Waals surface area (Å²) in [6.45, 7) is 2.17. The molecule has 0 aromatic rings. The zero-order valence-corrected chi connectivity index (χ0v) is 8.53. The minimum Gasteiger partial charge on any atom is -0.393 e. The van der Waals surface area contributed by atoms with Crippen LogP contribution >= 0.6 is 0 Å². The molecular weight excluding hydrogens is 182 g/mol. The maximum atomic E-state index is 11.3. The Morgan fingerprint density at radius 1 is 1.36 bits per heavy atom. The van der Waals surface area contributed by atoms with E-state index in [1.807, 2.05) is 0 Å². The van der Waals surface area contributed by atoms with Crippen LogP contribution in [0.1, 0.15) is 39.0 Å². The molecule has 1 heterocycles. The number of piperidine rings is 1. The Bertz CT molecular complexity index is 209. The maximum absolute atomic E-state index is 11.3. The molecule has 1 fully saturated rings. The number of imide groups is 1. The van der Waals surface area contributed by atoms with Gasteiger partial charge in [-0.3, -0.25) is 14.5 Å². The highest BCUT2D eigenvalue weighted by Crippen LogP contribution is 2.13. The Labute approximate surface area is 83.9 Å². The third kappa shape index (κ3) is 3.10. The molecule has 1 N–H and O–H groups in total. The van der Waals surface area contributed by atoms with E-state index >= 15 is 0 Å². The van der Waals surface area contributed by atoms with E-state index in [0.717, 1.165) is 0 Å². The van der Waals surface area contributed by atoms with Crippen LogP contribution in [0.4, 0.5) is 0 Å². The van der Waals surface area contributed by atoms with Gasteiger partial charge in [0.25, 0.3) is 0 Å². The molecule has 80 valence electrons. The first-order valence-corrected chi connectivity index (χ1v) is 5.12. The van der Waals surface area contributed by atoms with Crippen molar-refractivity contribution in [1.82, 2.24) is 4.90 Å². The zero-order chi connectivity index (χ0) is 10.6. The Morgan fingerprint density at radius 3 is 2.43 bits per heavy atom. The number of aliphatic hydroxyl groups excluding tert-OH is 1. The number of hydrogen-bond donors (Lipinski definition) is 1. The van der Waals surface area contributed by atoms with Gasteiger partial charge in [0.05, 0.1) is 6.10 Å². The summed E-state index contributed by atoms with van der Waals surface area (Å²) in [5.74, 6) is -0.126. The van der Waals surface area contributed by atoms with E-state index in [9.17, 15) is 9.59 Å². The quantitative estimate of drug-likeness (QED) is 0.677. The molecule has 0 bridgehead atoms. The lowest BCUT2D eigenvalue weighted by atomic mass is 10.1. The molecule has 1 unspecified atom stereocenters. The van der Waals surface area contributed by atoms with Crippen molar-refractivity contribution in [2.45, 2.75) is 45.1 Å². The minimum atomic E-state index is -0.356. The molecule has 1 aliphatic rings. The van der Waals surface area contributed by atoms with Gasteiger partial charge >= 0.3 is 0 Å². The van der Waals surface area contributed by atoms with Gasteiger partial charge in [-0.05, 0) is 26.2 Å². The van der Waals surface area contributed by atoms with E-state index in [0.29, 0.717) is 38.6 Å². The molecule has 0 spiro atoms. The van der Waals surface area contributed by atoms with Gasteiger partial charge < -0.3 is 5.11 Å². The first-order valence-electron chi connectivity index (χ1n) is 5.12. The molecule has 1 rings (SSSR count). The van der Waals surface area contributed by atoms with Crippen molar-refractivity contribution < 1.29 is 14.7 Å². The van der Waals surface area contributed by atoms with Gasteiger partial charge in [0, 0.05) is 19.4 Å². The molecule has 0 radical (unpaired) electrons. The first kappa shape index (κ1) is 11.2. The van der Waals surface area contributed by atoms with Gasteiger partial charge in [-0.1, -0.05) is 0 Å². The predicted molar refractivity (Wildman–Crippen MR) is 51.5 cm³/mol. The summed E-state index contributed by atoms with van der Waals surface area (Å²) in [4.78, 5) is 24.0. The van der Waals surface area contributed by atoms with E-state index in [1.165, 1.54) is 4.90 Å². The average Bonchev–Trinajstić information content (AvgIpc) is 2.09. The fourth-order valence-electron chi connectivity index (χ4n) is 1.59. The van der Waals surface area contributed by atoms with E-state index in [-0.39, 0.29) is 17.9 Å². The van der Waals surface area contributed by atoms with Crippen LogP contribution in [0.2, 0.25) is 0 Å². The van der Waals surface area contributed by atoms with Gasteiger partial charge in [-0.2, -0.15) is 0 Å². The molecule has 1 saturated heterocycles. The third-order valence-electron chi connectivity index (χ3n) is 2.39. The lowest BCUT2D eigenvalue weighted by molar-refractivity contribution is -0.148. The van der Waals surface area contributed by atoms with Crippen LogP contribution in [0.15, 0.2) is 0 Å². The van der Waals surface area contributed by atoms with E-state index in [4.69, 9.17) is 5.11 Å². The number of rotatable bonds is 4. The average molecular weight is 199 g/mol. The summed E-state index contributed by atoms with van der Waals surface area (Å²) in [7, 11) is 0. The number of nitrogens with zero attached hydrogens (tertiary/aromatic N) is 1. The topological polar surface area (TPSA) is 57.6 Å². The monoisotopic (exact) mass is 199 g/mol. The molecule has 14 heavy (non-hydrogen) atoms. The number of likely N-dealkylation sites (tertiary alicyclic amines) is 1. The van der Waals surface area contributed by atoms with Gasteiger partial charge in [0.1, 0.15) is 0 Å². The lowest BCUT2D eigenvalue weighted by Crippen LogP contribution is -2.40. The largest absolute Gasteiger partial charge is 0.393 e. The second-order valence-electron chi connectivity index (χ2n) is 3.78. The van der Waals surface area contributed by atoms with Gasteiger partial charge in [0.2, 0.25) is 11.8 Å². The number of carbonyl (C=O) groups excluding carboxylic acids is 2. The molecule has 1 atom stereocenters. The standard InChI is InChI=1S/C10H17NO3/c1-8(12)4-3-7-11-9(13)5-2-6-10(11)14/h8,12H,2-7H2,1H3. The summed E-state index contributed by atoms with van der Waals surface area (Å²) < 4.78 is 0. The fraction of sp³-hybridized carbons (Fsp3) is 0.800. The Morgan fingerprint density at radius 2 is 1.93 bits per heavy atom. The summed E-state index contributed by atoms with van der Waals surface area (Å²) in [5.41, 5.74) is 0. The molecule has 2 amide bonds. The summed E-state index contributed by atoms with van der Waals surface area (Å²) >= 11 is 0. The summed E-state index contributed by atoms with van der Waals surface area (Å²) in [5, 5.41) is 9.03. The van der Waals surface area contributed by atoms with Crippen molar-refractivity contribution >= 4 is 11.8 Å². The van der Waals surface area contributed by atoms with Gasteiger partial charge in [-0.15, -0.1) is 0 Å². The highest BCUT2D eigenvalue weighted by atomic mass is 16.3. The van der Waals surface area contributed by atoms with Crippen molar-refractivity contribution in [2.24, 2.45) is 0 Å². The molecule has 0 aliphatic carbocycles. The SMILES string of the molecule is CC(O)CCCN1C(=O)CCCC1=O. The molecule has 1 aliphatic heterocycles. The second-order valence-corrected chi connectivity index (χ2v) is 3.78. The maximum Gasteiger partial charge on any atom is 0.229 e. The van der Waals surface area contributed by atoms with Crippen molar-refractivity contribution in [1.29, 1.82) is 0 Å². The smallest absolute Gasteiger partial charge is 0.229 e. The van der Waals surface area contributed by atoms with Gasteiger partial charge in [-0.25, -0.2) is 0 Å². The molecular formula is C10H17NO3. The summed E-state index contributed by atoms with van der Waals surface area (Å²) in [6.07, 6.45) is 2.63. The normalized spacial score (nSPS) is 20.0. The van der Waals surface area contributed by atoms with E-state index in [1.54, 1.807) is 6.92 Å². The Hall–Kier alpha value is -0.900. The molecule has 0 aromatic carbocycles.